The Balaban J connectivity index is 5.21. The molecule has 0 radical (unpaired) electrons. The number of aliphatic hydroxyl groups is 1. The number of phosphoric acid groups is 2. The summed E-state index contributed by atoms with van der Waals surface area (Å²) in [7, 11) is -9.94. The summed E-state index contributed by atoms with van der Waals surface area (Å²) in [6.07, 6.45) is 73.9. The Morgan fingerprint density at radius 1 is 0.245 bits per heavy atom. The van der Waals surface area contributed by atoms with Crippen molar-refractivity contribution in [3.05, 3.63) is 0 Å². The van der Waals surface area contributed by atoms with Gasteiger partial charge in [-0.3, -0.25) is 37.3 Å². The Kier molecular flexibility index (Phi) is 79.4. The largest absolute Gasteiger partial charge is 0.472 e. The zero-order valence-corrected chi connectivity index (χ0v) is 74.5. The van der Waals surface area contributed by atoms with Crippen molar-refractivity contribution in [3.8, 4) is 0 Å². The first-order chi connectivity index (χ1) is 53.2. The van der Waals surface area contributed by atoms with Crippen LogP contribution in [0.1, 0.15) is 485 Å². The van der Waals surface area contributed by atoms with Crippen LogP contribution in [0.15, 0.2) is 0 Å². The third-order valence-electron chi connectivity index (χ3n) is 21.4. The number of hydrogen-bond donors (Lipinski definition) is 3. The molecule has 0 rings (SSSR count). The van der Waals surface area contributed by atoms with E-state index in [4.69, 9.17) is 37.0 Å². The fourth-order valence-electron chi connectivity index (χ4n) is 14.3. The molecule has 0 saturated carbocycles. The van der Waals surface area contributed by atoms with Crippen LogP contribution in [0.4, 0.5) is 0 Å². The first-order valence-corrected chi connectivity index (χ1v) is 49.8. The fraction of sp³-hybridized carbons (Fsp3) is 0.956. The summed E-state index contributed by atoms with van der Waals surface area (Å²) in [6, 6.07) is 0. The molecule has 110 heavy (non-hydrogen) atoms. The molecule has 0 aliphatic heterocycles. The summed E-state index contributed by atoms with van der Waals surface area (Å²) in [4.78, 5) is 73.4. The highest BCUT2D eigenvalue weighted by Gasteiger charge is 2.31. The first kappa shape index (κ1) is 108. The molecular formula is C91H178O17P2. The maximum atomic E-state index is 13.2. The van der Waals surface area contributed by atoms with E-state index in [9.17, 15) is 43.2 Å². The van der Waals surface area contributed by atoms with Crippen molar-refractivity contribution in [3.63, 3.8) is 0 Å². The molecule has 0 heterocycles. The molecule has 2 unspecified atom stereocenters. The van der Waals surface area contributed by atoms with Crippen LogP contribution in [0, 0.1) is 17.8 Å². The van der Waals surface area contributed by atoms with Gasteiger partial charge in [-0.25, -0.2) is 9.13 Å². The highest BCUT2D eigenvalue weighted by atomic mass is 31.2. The summed E-state index contributed by atoms with van der Waals surface area (Å²) in [5.74, 6) is 0.222. The third-order valence-corrected chi connectivity index (χ3v) is 23.3. The van der Waals surface area contributed by atoms with Crippen molar-refractivity contribution in [2.75, 3.05) is 39.6 Å². The van der Waals surface area contributed by atoms with Crippen molar-refractivity contribution in [2.24, 2.45) is 17.8 Å². The number of rotatable bonds is 89. The van der Waals surface area contributed by atoms with Gasteiger partial charge in [-0.2, -0.15) is 0 Å². The average molecular weight is 1610 g/mol. The van der Waals surface area contributed by atoms with E-state index in [1.807, 2.05) is 0 Å². The lowest BCUT2D eigenvalue weighted by atomic mass is 10.0. The lowest BCUT2D eigenvalue weighted by Gasteiger charge is -2.21. The minimum Gasteiger partial charge on any atom is -0.462 e. The van der Waals surface area contributed by atoms with E-state index < -0.39 is 97.5 Å². The average Bonchev–Trinajstić information content (AvgIpc) is 0.897. The molecule has 3 N–H and O–H groups in total. The Morgan fingerprint density at radius 2 is 0.418 bits per heavy atom. The predicted octanol–water partition coefficient (Wildman–Crippen LogP) is 28.0. The third kappa shape index (κ3) is 84.0. The van der Waals surface area contributed by atoms with Crippen LogP contribution in [0.5, 0.6) is 0 Å². The van der Waals surface area contributed by atoms with Crippen molar-refractivity contribution >= 4 is 39.5 Å². The molecule has 0 aliphatic rings. The van der Waals surface area contributed by atoms with E-state index in [0.717, 1.165) is 108 Å². The number of carbonyl (C=O) groups excluding carboxylic acids is 4. The fourth-order valence-corrected chi connectivity index (χ4v) is 15.8. The molecule has 654 valence electrons. The van der Waals surface area contributed by atoms with Gasteiger partial charge < -0.3 is 33.8 Å². The Morgan fingerprint density at radius 3 is 0.618 bits per heavy atom. The molecule has 17 nitrogen and oxygen atoms in total. The second-order valence-electron chi connectivity index (χ2n) is 34.1. The van der Waals surface area contributed by atoms with Gasteiger partial charge in [0.1, 0.15) is 19.3 Å². The Bertz CT molecular complexity index is 2110. The van der Waals surface area contributed by atoms with Gasteiger partial charge in [0.15, 0.2) is 12.2 Å². The molecule has 0 spiro atoms. The first-order valence-electron chi connectivity index (χ1n) is 46.8. The van der Waals surface area contributed by atoms with Crippen molar-refractivity contribution < 1.29 is 80.2 Å². The molecule has 0 aromatic heterocycles. The van der Waals surface area contributed by atoms with Crippen LogP contribution < -0.4 is 0 Å². The monoisotopic (exact) mass is 1610 g/mol. The van der Waals surface area contributed by atoms with Gasteiger partial charge in [-0.05, 0) is 43.4 Å². The summed E-state index contributed by atoms with van der Waals surface area (Å²) in [5.41, 5.74) is 0. The van der Waals surface area contributed by atoms with E-state index in [1.165, 1.54) is 289 Å². The van der Waals surface area contributed by atoms with Crippen LogP contribution in [-0.2, 0) is 65.4 Å². The second kappa shape index (κ2) is 80.8. The highest BCUT2D eigenvalue weighted by Crippen LogP contribution is 2.45. The number of ether oxygens (including phenoxy) is 4. The second-order valence-corrected chi connectivity index (χ2v) is 37.0. The van der Waals surface area contributed by atoms with Gasteiger partial charge in [0.25, 0.3) is 0 Å². The van der Waals surface area contributed by atoms with E-state index in [1.54, 1.807) is 0 Å². The SMILES string of the molecule is CCCCCCCCCCCCCCCCCCCCCCCCC(=O)O[C@H](COC(=O)CCCCCCCCCCCCCCCCCCCCC(C)C)COP(=O)(O)OC[C@@H](O)COP(=O)(O)OC[C@@H](COC(=O)CCCCCCCCCC(C)C)OC(=O)CCCCCCCCCCCCCCCCC(C)C. The zero-order chi connectivity index (χ0) is 80.8. The minimum absolute atomic E-state index is 0.107. The van der Waals surface area contributed by atoms with Crippen LogP contribution in [0.3, 0.4) is 0 Å². The number of unbranched alkanes of at least 4 members (excludes halogenated alkanes) is 57. The van der Waals surface area contributed by atoms with E-state index >= 15 is 0 Å². The number of aliphatic hydroxyl groups excluding tert-OH is 1. The van der Waals surface area contributed by atoms with Crippen LogP contribution >= 0.6 is 15.6 Å². The van der Waals surface area contributed by atoms with Crippen LogP contribution in [0.25, 0.3) is 0 Å². The lowest BCUT2D eigenvalue weighted by Crippen LogP contribution is -2.30. The van der Waals surface area contributed by atoms with Gasteiger partial charge in [0.2, 0.25) is 0 Å². The molecule has 0 aliphatic carbocycles. The molecule has 19 heteroatoms. The smallest absolute Gasteiger partial charge is 0.462 e. The maximum absolute atomic E-state index is 13.2. The van der Waals surface area contributed by atoms with Crippen molar-refractivity contribution in [2.45, 2.75) is 503 Å². The Labute approximate surface area is 677 Å². The molecule has 0 fully saturated rings. The zero-order valence-electron chi connectivity index (χ0n) is 72.7. The maximum Gasteiger partial charge on any atom is 0.472 e. The summed E-state index contributed by atoms with van der Waals surface area (Å²) < 4.78 is 69.0. The quantitative estimate of drug-likeness (QED) is 0.0222. The number of esters is 4. The topological polar surface area (TPSA) is 237 Å². The molecule has 0 saturated heterocycles. The van der Waals surface area contributed by atoms with Gasteiger partial charge in [0.05, 0.1) is 26.4 Å². The standard InChI is InChI=1S/C91H178O17P2/c1-8-9-10-11-12-13-14-15-16-17-18-19-20-21-26-29-35-40-45-52-60-67-74-90(95)107-86(78-101-88(93)72-65-58-51-44-39-34-28-25-23-22-24-27-32-37-42-48-55-62-69-82(2)3)80-105-109(97,98)103-76-85(92)77-104-110(99,100)106-81-87(79-102-89(94)73-66-59-54-47-50-57-64-71-84(6)7)108-91(96)75-68-61-53-46-41-36-31-30-33-38-43-49-56-63-70-83(4)5/h82-87,92H,8-81H2,1-7H3,(H,97,98)(H,99,100)/t85-,86-,87-/m1/s1. The Hall–Kier alpha value is -1.94. The highest BCUT2D eigenvalue weighted by molar-refractivity contribution is 7.47. The van der Waals surface area contributed by atoms with Crippen molar-refractivity contribution in [1.82, 2.24) is 0 Å². The summed E-state index contributed by atoms with van der Waals surface area (Å²) in [5, 5.41) is 10.7. The van der Waals surface area contributed by atoms with E-state index in [0.29, 0.717) is 31.6 Å². The van der Waals surface area contributed by atoms with Gasteiger partial charge >= 0.3 is 39.5 Å². The minimum atomic E-state index is -4.97. The van der Waals surface area contributed by atoms with Crippen LogP contribution in [-0.4, -0.2) is 96.7 Å². The summed E-state index contributed by atoms with van der Waals surface area (Å²) >= 11 is 0. The van der Waals surface area contributed by atoms with Gasteiger partial charge in [-0.1, -0.05) is 434 Å². The molecule has 0 amide bonds. The van der Waals surface area contributed by atoms with E-state index in [2.05, 4.69) is 48.5 Å². The van der Waals surface area contributed by atoms with Crippen LogP contribution in [0.2, 0.25) is 0 Å². The molecule has 5 atom stereocenters. The molecular weight excluding hydrogens is 1430 g/mol. The number of phosphoric ester groups is 2. The number of carbonyl (C=O) groups is 4. The molecule has 0 aromatic rings. The summed E-state index contributed by atoms with van der Waals surface area (Å²) in [6.45, 7) is 12.0. The molecule has 0 aromatic carbocycles. The normalized spacial score (nSPS) is 13.8. The number of hydrogen-bond acceptors (Lipinski definition) is 15. The van der Waals surface area contributed by atoms with Gasteiger partial charge in [-0.15, -0.1) is 0 Å². The van der Waals surface area contributed by atoms with E-state index in [-0.39, 0.29) is 25.7 Å². The molecule has 0 bridgehead atoms. The lowest BCUT2D eigenvalue weighted by molar-refractivity contribution is -0.161. The predicted molar refractivity (Wildman–Crippen MR) is 455 cm³/mol. The van der Waals surface area contributed by atoms with Gasteiger partial charge in [0, 0.05) is 25.7 Å². The van der Waals surface area contributed by atoms with Crippen molar-refractivity contribution in [1.29, 1.82) is 0 Å².